The first-order valence-corrected chi connectivity index (χ1v) is 8.28. The normalized spacial score (nSPS) is 13.0. The molecule has 0 spiro atoms. The fourth-order valence-corrected chi connectivity index (χ4v) is 2.90. The Morgan fingerprint density at radius 3 is 2.16 bits per heavy atom. The third-order valence-electron chi connectivity index (χ3n) is 3.72. The van der Waals surface area contributed by atoms with Crippen molar-refractivity contribution in [1.82, 2.24) is 0 Å². The fraction of sp³-hybridized carbons (Fsp3) is 0.278. The maximum absolute atomic E-state index is 12.9. The van der Waals surface area contributed by atoms with Gasteiger partial charge in [0, 0.05) is 10.7 Å². The van der Waals surface area contributed by atoms with Crippen molar-refractivity contribution < 1.29 is 18.0 Å². The number of nitrogens with one attached hydrogen (secondary N) is 1. The van der Waals surface area contributed by atoms with E-state index >= 15 is 0 Å². The van der Waals surface area contributed by atoms with Crippen LogP contribution in [0.2, 0.25) is 10.0 Å². The number of hydrogen-bond acceptors (Lipinski definition) is 1. The number of hydrogen-bond donors (Lipinski definition) is 1. The lowest BCUT2D eigenvalue weighted by atomic mass is 9.87. The van der Waals surface area contributed by atoms with Gasteiger partial charge in [0.15, 0.2) is 0 Å². The molecule has 0 aliphatic heterocycles. The molecule has 0 saturated heterocycles. The van der Waals surface area contributed by atoms with Crippen LogP contribution in [0.4, 0.5) is 18.9 Å². The van der Waals surface area contributed by atoms with Crippen molar-refractivity contribution in [2.75, 3.05) is 5.32 Å². The monoisotopic (exact) mass is 389 g/mol. The van der Waals surface area contributed by atoms with E-state index in [0.717, 1.165) is 17.7 Å². The first-order chi connectivity index (χ1) is 11.6. The van der Waals surface area contributed by atoms with Gasteiger partial charge in [0.1, 0.15) is 0 Å². The first kappa shape index (κ1) is 19.6. The van der Waals surface area contributed by atoms with Gasteiger partial charge >= 0.3 is 6.18 Å². The van der Waals surface area contributed by atoms with Gasteiger partial charge in [-0.3, -0.25) is 4.79 Å². The minimum atomic E-state index is -4.59. The van der Waals surface area contributed by atoms with Crippen molar-refractivity contribution in [2.45, 2.75) is 25.9 Å². The quantitative estimate of drug-likeness (QED) is 0.644. The van der Waals surface area contributed by atoms with Gasteiger partial charge in [-0.2, -0.15) is 13.2 Å². The molecule has 0 saturated carbocycles. The molecule has 1 N–H and O–H groups in total. The third-order valence-corrected chi connectivity index (χ3v) is 4.30. The standard InChI is InChI=1S/C18H16Cl2F3NO/c1-10(2)16(11-3-5-12(19)6-4-11)17(25)24-13-7-8-15(20)14(9-13)18(21,22)23/h3-10,16H,1-2H3,(H,24,25)/t16-/m1/s1. The maximum Gasteiger partial charge on any atom is 0.417 e. The lowest BCUT2D eigenvalue weighted by Gasteiger charge is -2.21. The topological polar surface area (TPSA) is 29.1 Å². The highest BCUT2D eigenvalue weighted by atomic mass is 35.5. The third kappa shape index (κ3) is 4.89. The molecule has 0 radical (unpaired) electrons. The van der Waals surface area contributed by atoms with Crippen LogP contribution < -0.4 is 5.32 Å². The molecular formula is C18H16Cl2F3NO. The van der Waals surface area contributed by atoms with E-state index in [0.29, 0.717) is 5.02 Å². The molecule has 134 valence electrons. The van der Waals surface area contributed by atoms with Crippen molar-refractivity contribution >= 4 is 34.8 Å². The van der Waals surface area contributed by atoms with Crippen LogP contribution in [0.15, 0.2) is 42.5 Å². The summed E-state index contributed by atoms with van der Waals surface area (Å²) in [6.07, 6.45) is -4.59. The molecule has 1 atom stereocenters. The number of alkyl halides is 3. The predicted octanol–water partition coefficient (Wildman–Crippen LogP) is 6.39. The summed E-state index contributed by atoms with van der Waals surface area (Å²) in [6.45, 7) is 3.73. The number of anilines is 1. The Kier molecular flexibility index (Phi) is 6.01. The van der Waals surface area contributed by atoms with Gasteiger partial charge in [-0.05, 0) is 41.8 Å². The van der Waals surface area contributed by atoms with E-state index in [1.54, 1.807) is 24.3 Å². The number of rotatable bonds is 4. The van der Waals surface area contributed by atoms with E-state index < -0.39 is 28.6 Å². The Balaban J connectivity index is 2.29. The van der Waals surface area contributed by atoms with E-state index in [4.69, 9.17) is 23.2 Å². The largest absolute Gasteiger partial charge is 0.417 e. The van der Waals surface area contributed by atoms with E-state index in [1.165, 1.54) is 6.07 Å². The molecule has 0 aliphatic carbocycles. The van der Waals surface area contributed by atoms with E-state index in [2.05, 4.69) is 5.32 Å². The molecule has 0 unspecified atom stereocenters. The minimum Gasteiger partial charge on any atom is -0.326 e. The smallest absolute Gasteiger partial charge is 0.326 e. The van der Waals surface area contributed by atoms with Crippen LogP contribution in [0, 0.1) is 5.92 Å². The molecule has 0 heterocycles. The van der Waals surface area contributed by atoms with Crippen LogP contribution in [0.3, 0.4) is 0 Å². The van der Waals surface area contributed by atoms with Crippen LogP contribution in [-0.4, -0.2) is 5.91 Å². The second kappa shape index (κ2) is 7.67. The maximum atomic E-state index is 12.9. The van der Waals surface area contributed by atoms with Gasteiger partial charge in [0.05, 0.1) is 16.5 Å². The van der Waals surface area contributed by atoms with Crippen LogP contribution >= 0.6 is 23.2 Å². The van der Waals surface area contributed by atoms with E-state index in [-0.39, 0.29) is 11.6 Å². The molecular weight excluding hydrogens is 374 g/mol. The number of carbonyl (C=O) groups is 1. The highest BCUT2D eigenvalue weighted by Gasteiger charge is 2.33. The van der Waals surface area contributed by atoms with E-state index in [1.807, 2.05) is 13.8 Å². The van der Waals surface area contributed by atoms with Crippen LogP contribution in [-0.2, 0) is 11.0 Å². The molecule has 2 aromatic carbocycles. The average Bonchev–Trinajstić information content (AvgIpc) is 2.50. The van der Waals surface area contributed by atoms with E-state index in [9.17, 15) is 18.0 Å². The molecule has 0 aliphatic rings. The van der Waals surface area contributed by atoms with Crippen LogP contribution in [0.5, 0.6) is 0 Å². The zero-order valence-corrected chi connectivity index (χ0v) is 15.0. The lowest BCUT2D eigenvalue weighted by Crippen LogP contribution is -2.25. The van der Waals surface area contributed by atoms with Crippen molar-refractivity contribution in [3.05, 3.63) is 63.6 Å². The molecule has 25 heavy (non-hydrogen) atoms. The van der Waals surface area contributed by atoms with Gasteiger partial charge in [-0.1, -0.05) is 49.2 Å². The van der Waals surface area contributed by atoms with Crippen molar-refractivity contribution in [2.24, 2.45) is 5.92 Å². The number of halogens is 5. The van der Waals surface area contributed by atoms with Gasteiger partial charge in [0.25, 0.3) is 0 Å². The molecule has 0 fully saturated rings. The second-order valence-corrected chi connectivity index (χ2v) is 6.80. The SMILES string of the molecule is CC(C)[C@@H](C(=O)Nc1ccc(Cl)c(C(F)(F)F)c1)c1ccc(Cl)cc1. The van der Waals surface area contributed by atoms with Crippen molar-refractivity contribution in [3.8, 4) is 0 Å². The Labute approximate surface area is 153 Å². The number of carbonyl (C=O) groups excluding carboxylic acids is 1. The minimum absolute atomic E-state index is 0.0429. The average molecular weight is 390 g/mol. The van der Waals surface area contributed by atoms with Gasteiger partial charge in [0.2, 0.25) is 5.91 Å². The molecule has 2 rings (SSSR count). The van der Waals surface area contributed by atoms with Crippen molar-refractivity contribution in [1.29, 1.82) is 0 Å². The molecule has 0 bridgehead atoms. The Morgan fingerprint density at radius 1 is 1.04 bits per heavy atom. The highest BCUT2D eigenvalue weighted by molar-refractivity contribution is 6.31. The summed E-state index contributed by atoms with van der Waals surface area (Å²) in [6, 6.07) is 10.1. The van der Waals surface area contributed by atoms with Crippen LogP contribution in [0.1, 0.15) is 30.9 Å². The van der Waals surface area contributed by atoms with Gasteiger partial charge < -0.3 is 5.32 Å². The Hall–Kier alpha value is -1.72. The zero-order chi connectivity index (χ0) is 18.8. The second-order valence-electron chi connectivity index (χ2n) is 5.95. The summed E-state index contributed by atoms with van der Waals surface area (Å²) >= 11 is 11.5. The fourth-order valence-electron chi connectivity index (χ4n) is 2.55. The Morgan fingerprint density at radius 2 is 1.64 bits per heavy atom. The zero-order valence-electron chi connectivity index (χ0n) is 13.5. The number of amides is 1. The van der Waals surface area contributed by atoms with Gasteiger partial charge in [-0.25, -0.2) is 0 Å². The van der Waals surface area contributed by atoms with Gasteiger partial charge in [-0.15, -0.1) is 0 Å². The van der Waals surface area contributed by atoms with Crippen LogP contribution in [0.25, 0.3) is 0 Å². The molecule has 0 aromatic heterocycles. The summed E-state index contributed by atoms with van der Waals surface area (Å²) in [5.74, 6) is -0.981. The lowest BCUT2D eigenvalue weighted by molar-refractivity contribution is -0.137. The first-order valence-electron chi connectivity index (χ1n) is 7.52. The Bertz CT molecular complexity index is 758. The molecule has 2 nitrogen and oxygen atoms in total. The summed E-state index contributed by atoms with van der Waals surface area (Å²) in [5, 5.41) is 2.67. The molecule has 1 amide bonds. The summed E-state index contributed by atoms with van der Waals surface area (Å²) < 4.78 is 38.8. The summed E-state index contributed by atoms with van der Waals surface area (Å²) in [4.78, 5) is 12.6. The predicted molar refractivity (Wildman–Crippen MR) is 94.1 cm³/mol. The summed E-state index contributed by atoms with van der Waals surface area (Å²) in [5.41, 5.74) is -0.206. The highest BCUT2D eigenvalue weighted by Crippen LogP contribution is 2.36. The number of benzene rings is 2. The van der Waals surface area contributed by atoms with Crippen molar-refractivity contribution in [3.63, 3.8) is 0 Å². The molecule has 2 aromatic rings. The molecule has 7 heteroatoms. The summed E-state index contributed by atoms with van der Waals surface area (Å²) in [7, 11) is 0.